The summed E-state index contributed by atoms with van der Waals surface area (Å²) < 4.78 is 0. The number of aliphatic hydroxyl groups is 1. The molecule has 0 bridgehead atoms. The highest BCUT2D eigenvalue weighted by Gasteiger charge is 2.31. The molecule has 1 fully saturated rings. The molecule has 0 spiro atoms. The number of amides is 1. The van der Waals surface area contributed by atoms with E-state index in [2.05, 4.69) is 10.6 Å². The Hall–Kier alpha value is -0.610. The lowest BCUT2D eigenvalue weighted by Gasteiger charge is -2.33. The summed E-state index contributed by atoms with van der Waals surface area (Å²) in [7, 11) is 1.65. The van der Waals surface area contributed by atoms with Crippen molar-refractivity contribution in [1.29, 1.82) is 0 Å². The average Bonchev–Trinajstić information content (AvgIpc) is 2.28. The summed E-state index contributed by atoms with van der Waals surface area (Å²) in [5, 5.41) is 16.2. The molecule has 100 valence electrons. The highest BCUT2D eigenvalue weighted by Crippen LogP contribution is 2.27. The highest BCUT2D eigenvalue weighted by molar-refractivity contribution is 5.81. The van der Waals surface area contributed by atoms with Crippen molar-refractivity contribution >= 4 is 5.91 Å². The van der Waals surface area contributed by atoms with Crippen molar-refractivity contribution < 1.29 is 9.90 Å². The number of carbonyl (C=O) groups is 1. The van der Waals surface area contributed by atoms with Crippen molar-refractivity contribution in [1.82, 2.24) is 10.6 Å². The van der Waals surface area contributed by atoms with Crippen LogP contribution in [0.15, 0.2) is 0 Å². The Morgan fingerprint density at radius 3 is 2.41 bits per heavy atom. The number of carbonyl (C=O) groups excluding carboxylic acids is 1. The third-order valence-corrected chi connectivity index (χ3v) is 3.65. The van der Waals surface area contributed by atoms with E-state index in [1.807, 2.05) is 13.8 Å². The Bertz CT molecular complexity index is 258. The maximum atomic E-state index is 11.6. The van der Waals surface area contributed by atoms with Crippen molar-refractivity contribution in [3.8, 4) is 0 Å². The predicted octanol–water partition coefficient (Wildman–Crippen LogP) is 1.04. The van der Waals surface area contributed by atoms with Crippen molar-refractivity contribution in [3.63, 3.8) is 0 Å². The van der Waals surface area contributed by atoms with Crippen LogP contribution in [0.3, 0.4) is 0 Å². The van der Waals surface area contributed by atoms with Gasteiger partial charge >= 0.3 is 0 Å². The molecular weight excluding hydrogens is 216 g/mol. The molecule has 0 heterocycles. The van der Waals surface area contributed by atoms with Crippen molar-refractivity contribution in [3.05, 3.63) is 0 Å². The SMILES string of the molecule is CNC(=O)C(C)(C)CNCC1(O)CCCCC1. The van der Waals surface area contributed by atoms with Gasteiger partial charge in [-0.25, -0.2) is 0 Å². The molecule has 0 radical (unpaired) electrons. The number of hydrogen-bond donors (Lipinski definition) is 3. The van der Waals surface area contributed by atoms with Crippen LogP contribution in [0.2, 0.25) is 0 Å². The molecule has 0 aromatic carbocycles. The van der Waals surface area contributed by atoms with Crippen LogP contribution in [0.25, 0.3) is 0 Å². The van der Waals surface area contributed by atoms with Crippen LogP contribution < -0.4 is 10.6 Å². The Labute approximate surface area is 104 Å². The normalized spacial score (nSPS) is 20.0. The largest absolute Gasteiger partial charge is 0.389 e. The molecule has 0 saturated heterocycles. The topological polar surface area (TPSA) is 61.4 Å². The third-order valence-electron chi connectivity index (χ3n) is 3.65. The fourth-order valence-electron chi connectivity index (χ4n) is 2.41. The van der Waals surface area contributed by atoms with E-state index in [-0.39, 0.29) is 5.91 Å². The van der Waals surface area contributed by atoms with Gasteiger partial charge < -0.3 is 15.7 Å². The maximum Gasteiger partial charge on any atom is 0.226 e. The van der Waals surface area contributed by atoms with Crippen LogP contribution in [-0.4, -0.2) is 36.8 Å². The summed E-state index contributed by atoms with van der Waals surface area (Å²) in [4.78, 5) is 11.6. The minimum absolute atomic E-state index is 0.0284. The Balaban J connectivity index is 2.33. The summed E-state index contributed by atoms with van der Waals surface area (Å²) in [5.74, 6) is 0.0284. The van der Waals surface area contributed by atoms with Crippen LogP contribution >= 0.6 is 0 Å². The van der Waals surface area contributed by atoms with Crippen LogP contribution in [-0.2, 0) is 4.79 Å². The van der Waals surface area contributed by atoms with E-state index >= 15 is 0 Å². The summed E-state index contributed by atoms with van der Waals surface area (Å²) in [5.41, 5.74) is -0.989. The zero-order valence-electron chi connectivity index (χ0n) is 11.3. The number of hydrogen-bond acceptors (Lipinski definition) is 3. The van der Waals surface area contributed by atoms with Crippen LogP contribution in [0.1, 0.15) is 46.0 Å². The monoisotopic (exact) mass is 242 g/mol. The van der Waals surface area contributed by atoms with Gasteiger partial charge in [0.2, 0.25) is 5.91 Å². The van der Waals surface area contributed by atoms with Gasteiger partial charge in [-0.3, -0.25) is 4.79 Å². The summed E-state index contributed by atoms with van der Waals surface area (Å²) >= 11 is 0. The van der Waals surface area contributed by atoms with Gasteiger partial charge in [-0.2, -0.15) is 0 Å². The molecule has 0 aromatic heterocycles. The van der Waals surface area contributed by atoms with Crippen molar-refractivity contribution in [2.24, 2.45) is 5.41 Å². The first-order valence-corrected chi connectivity index (χ1v) is 6.55. The lowest BCUT2D eigenvalue weighted by Crippen LogP contribution is -2.48. The Morgan fingerprint density at radius 2 is 1.88 bits per heavy atom. The van der Waals surface area contributed by atoms with Crippen molar-refractivity contribution in [2.45, 2.75) is 51.6 Å². The Morgan fingerprint density at radius 1 is 1.29 bits per heavy atom. The van der Waals surface area contributed by atoms with Gasteiger partial charge in [0.05, 0.1) is 11.0 Å². The predicted molar refractivity (Wildman–Crippen MR) is 68.8 cm³/mol. The third kappa shape index (κ3) is 4.28. The molecule has 1 saturated carbocycles. The molecule has 1 aliphatic rings. The molecule has 3 N–H and O–H groups in total. The van der Waals surface area contributed by atoms with Gasteiger partial charge in [-0.15, -0.1) is 0 Å². The highest BCUT2D eigenvalue weighted by atomic mass is 16.3. The van der Waals surface area contributed by atoms with E-state index in [0.29, 0.717) is 13.1 Å². The van der Waals surface area contributed by atoms with E-state index in [9.17, 15) is 9.90 Å². The molecule has 0 aromatic rings. The second-order valence-corrected chi connectivity index (χ2v) is 5.85. The van der Waals surface area contributed by atoms with Gasteiger partial charge in [0.1, 0.15) is 0 Å². The van der Waals surface area contributed by atoms with Gasteiger partial charge in [0.25, 0.3) is 0 Å². The number of nitrogens with one attached hydrogen (secondary N) is 2. The summed E-state index contributed by atoms with van der Waals surface area (Å²) in [6, 6.07) is 0. The zero-order valence-corrected chi connectivity index (χ0v) is 11.3. The molecule has 1 rings (SSSR count). The second kappa shape index (κ2) is 5.83. The molecule has 0 unspecified atom stereocenters. The molecule has 1 amide bonds. The molecule has 4 nitrogen and oxygen atoms in total. The summed E-state index contributed by atoms with van der Waals surface area (Å²) in [6.45, 7) is 5.00. The first-order chi connectivity index (χ1) is 7.90. The first kappa shape index (κ1) is 14.5. The van der Waals surface area contributed by atoms with Gasteiger partial charge in [0.15, 0.2) is 0 Å². The lowest BCUT2D eigenvalue weighted by atomic mass is 9.84. The molecule has 17 heavy (non-hydrogen) atoms. The molecule has 0 aliphatic heterocycles. The minimum atomic E-state index is -0.559. The second-order valence-electron chi connectivity index (χ2n) is 5.85. The minimum Gasteiger partial charge on any atom is -0.389 e. The zero-order chi connectivity index (χ0) is 12.9. The fraction of sp³-hybridized carbons (Fsp3) is 0.923. The molecule has 4 heteroatoms. The standard InChI is InChI=1S/C13H26N2O2/c1-12(2,11(16)14-3)9-15-10-13(17)7-5-4-6-8-13/h15,17H,4-10H2,1-3H3,(H,14,16). The Kier molecular flexibility index (Phi) is 4.95. The van der Waals surface area contributed by atoms with Gasteiger partial charge in [-0.05, 0) is 26.7 Å². The quantitative estimate of drug-likeness (QED) is 0.675. The van der Waals surface area contributed by atoms with E-state index in [1.165, 1.54) is 6.42 Å². The van der Waals surface area contributed by atoms with Crippen LogP contribution in [0.4, 0.5) is 0 Å². The lowest BCUT2D eigenvalue weighted by molar-refractivity contribution is -0.128. The molecular formula is C13H26N2O2. The van der Waals surface area contributed by atoms with E-state index < -0.39 is 11.0 Å². The van der Waals surface area contributed by atoms with E-state index in [0.717, 1.165) is 25.7 Å². The first-order valence-electron chi connectivity index (χ1n) is 6.55. The van der Waals surface area contributed by atoms with Gasteiger partial charge in [0, 0.05) is 20.1 Å². The van der Waals surface area contributed by atoms with E-state index in [1.54, 1.807) is 7.05 Å². The van der Waals surface area contributed by atoms with Crippen LogP contribution in [0, 0.1) is 5.41 Å². The number of rotatable bonds is 5. The molecule has 1 aliphatic carbocycles. The summed E-state index contributed by atoms with van der Waals surface area (Å²) in [6.07, 6.45) is 5.20. The maximum absolute atomic E-state index is 11.6. The van der Waals surface area contributed by atoms with Crippen LogP contribution in [0.5, 0.6) is 0 Å². The average molecular weight is 242 g/mol. The van der Waals surface area contributed by atoms with E-state index in [4.69, 9.17) is 0 Å². The van der Waals surface area contributed by atoms with Crippen molar-refractivity contribution in [2.75, 3.05) is 20.1 Å². The fourth-order valence-corrected chi connectivity index (χ4v) is 2.41. The molecule has 0 atom stereocenters. The smallest absolute Gasteiger partial charge is 0.226 e. The van der Waals surface area contributed by atoms with Gasteiger partial charge in [-0.1, -0.05) is 19.3 Å².